The lowest BCUT2D eigenvalue weighted by Crippen LogP contribution is -1.96. The predicted molar refractivity (Wildman–Crippen MR) is 62.9 cm³/mol. The lowest BCUT2D eigenvalue weighted by Gasteiger charge is -2.12. The first kappa shape index (κ1) is 9.47. The molecule has 1 aromatic heterocycles. The first-order chi connectivity index (χ1) is 6.92. The molecule has 1 heterocycles. The summed E-state index contributed by atoms with van der Waals surface area (Å²) in [6, 6.07) is 15.1. The maximum atomic E-state index is 2.25. The summed E-state index contributed by atoms with van der Waals surface area (Å²) in [5.41, 5.74) is 1.43. The van der Waals surface area contributed by atoms with Crippen molar-refractivity contribution in [1.29, 1.82) is 0 Å². The Kier molecular flexibility index (Phi) is 3.00. The second kappa shape index (κ2) is 4.43. The standard InChI is InChI=1S/C13H14S/c1-2-12(13-9-6-10-14-13)11-7-4-3-5-8-11/h3-10,12H,2H2,1H3. The van der Waals surface area contributed by atoms with Gasteiger partial charge in [-0.3, -0.25) is 0 Å². The highest BCUT2D eigenvalue weighted by molar-refractivity contribution is 7.10. The summed E-state index contributed by atoms with van der Waals surface area (Å²) < 4.78 is 0. The van der Waals surface area contributed by atoms with Crippen molar-refractivity contribution < 1.29 is 0 Å². The molecule has 0 spiro atoms. The smallest absolute Gasteiger partial charge is 0.0181 e. The highest BCUT2D eigenvalue weighted by atomic mass is 32.1. The third-order valence-corrected chi connectivity index (χ3v) is 3.48. The van der Waals surface area contributed by atoms with Gasteiger partial charge in [-0.15, -0.1) is 11.3 Å². The van der Waals surface area contributed by atoms with E-state index >= 15 is 0 Å². The van der Waals surface area contributed by atoms with Crippen molar-refractivity contribution >= 4 is 11.3 Å². The molecule has 0 fully saturated rings. The van der Waals surface area contributed by atoms with Crippen molar-refractivity contribution in [3.8, 4) is 0 Å². The van der Waals surface area contributed by atoms with Gasteiger partial charge in [-0.25, -0.2) is 0 Å². The minimum atomic E-state index is 0.580. The fourth-order valence-corrected chi connectivity index (χ4v) is 2.71. The normalized spacial score (nSPS) is 12.6. The summed E-state index contributed by atoms with van der Waals surface area (Å²) in [6.45, 7) is 2.25. The molecule has 0 aliphatic heterocycles. The molecule has 72 valence electrons. The van der Waals surface area contributed by atoms with Gasteiger partial charge in [0, 0.05) is 10.8 Å². The van der Waals surface area contributed by atoms with Gasteiger partial charge in [-0.1, -0.05) is 43.3 Å². The van der Waals surface area contributed by atoms with E-state index in [4.69, 9.17) is 0 Å². The molecule has 0 bridgehead atoms. The summed E-state index contributed by atoms with van der Waals surface area (Å²) in [7, 11) is 0. The molecule has 0 saturated carbocycles. The Hall–Kier alpha value is -1.08. The van der Waals surface area contributed by atoms with Gasteiger partial charge in [0.1, 0.15) is 0 Å². The Morgan fingerprint density at radius 2 is 1.86 bits per heavy atom. The van der Waals surface area contributed by atoms with Crippen LogP contribution in [0.2, 0.25) is 0 Å². The van der Waals surface area contributed by atoms with Crippen LogP contribution in [0, 0.1) is 0 Å². The SMILES string of the molecule is CCC(c1ccccc1)c1cccs1. The van der Waals surface area contributed by atoms with Crippen LogP contribution in [0.3, 0.4) is 0 Å². The van der Waals surface area contributed by atoms with Crippen molar-refractivity contribution in [2.45, 2.75) is 19.3 Å². The van der Waals surface area contributed by atoms with Crippen molar-refractivity contribution in [2.24, 2.45) is 0 Å². The number of rotatable bonds is 3. The topological polar surface area (TPSA) is 0 Å². The summed E-state index contributed by atoms with van der Waals surface area (Å²) in [5.74, 6) is 0.580. The van der Waals surface area contributed by atoms with E-state index in [1.807, 2.05) is 11.3 Å². The average molecular weight is 202 g/mol. The largest absolute Gasteiger partial charge is 0.148 e. The third-order valence-electron chi connectivity index (χ3n) is 2.50. The van der Waals surface area contributed by atoms with Crippen LogP contribution in [0.4, 0.5) is 0 Å². The van der Waals surface area contributed by atoms with Gasteiger partial charge < -0.3 is 0 Å². The van der Waals surface area contributed by atoms with Crippen molar-refractivity contribution in [2.75, 3.05) is 0 Å². The van der Waals surface area contributed by atoms with Crippen LogP contribution in [0.5, 0.6) is 0 Å². The van der Waals surface area contributed by atoms with Gasteiger partial charge in [0.05, 0.1) is 0 Å². The van der Waals surface area contributed by atoms with E-state index in [-0.39, 0.29) is 0 Å². The number of thiophene rings is 1. The Morgan fingerprint density at radius 1 is 1.07 bits per heavy atom. The zero-order valence-electron chi connectivity index (χ0n) is 8.31. The number of benzene rings is 1. The molecule has 14 heavy (non-hydrogen) atoms. The van der Waals surface area contributed by atoms with Gasteiger partial charge in [0.15, 0.2) is 0 Å². The molecule has 1 heteroatoms. The fourth-order valence-electron chi connectivity index (χ4n) is 1.78. The molecule has 1 unspecified atom stereocenters. The molecule has 0 N–H and O–H groups in total. The molecule has 0 amide bonds. The molecular formula is C13H14S. The van der Waals surface area contributed by atoms with Crippen LogP contribution in [0.1, 0.15) is 29.7 Å². The minimum Gasteiger partial charge on any atom is -0.148 e. The first-order valence-electron chi connectivity index (χ1n) is 5.00. The zero-order chi connectivity index (χ0) is 9.80. The highest BCUT2D eigenvalue weighted by Crippen LogP contribution is 2.30. The van der Waals surface area contributed by atoms with E-state index in [1.54, 1.807) is 0 Å². The zero-order valence-corrected chi connectivity index (χ0v) is 9.13. The molecule has 0 aliphatic carbocycles. The second-order valence-electron chi connectivity index (χ2n) is 3.39. The summed E-state index contributed by atoms with van der Waals surface area (Å²) in [4.78, 5) is 1.47. The lowest BCUT2D eigenvalue weighted by atomic mass is 9.95. The second-order valence-corrected chi connectivity index (χ2v) is 4.37. The third kappa shape index (κ3) is 1.88. The predicted octanol–water partition coefficient (Wildman–Crippen LogP) is 4.29. The molecular weight excluding hydrogens is 188 g/mol. The quantitative estimate of drug-likeness (QED) is 0.696. The Morgan fingerprint density at radius 3 is 2.43 bits per heavy atom. The summed E-state index contributed by atoms with van der Waals surface area (Å²) in [6.07, 6.45) is 1.17. The number of hydrogen-bond donors (Lipinski definition) is 0. The molecule has 1 atom stereocenters. The van der Waals surface area contributed by atoms with E-state index in [2.05, 4.69) is 54.8 Å². The lowest BCUT2D eigenvalue weighted by molar-refractivity contribution is 0.792. The molecule has 0 aliphatic rings. The van der Waals surface area contributed by atoms with E-state index in [1.165, 1.54) is 16.9 Å². The Bertz CT molecular complexity index is 361. The van der Waals surface area contributed by atoms with E-state index in [9.17, 15) is 0 Å². The van der Waals surface area contributed by atoms with Gasteiger partial charge in [-0.2, -0.15) is 0 Å². The maximum absolute atomic E-state index is 2.25. The van der Waals surface area contributed by atoms with Gasteiger partial charge in [-0.05, 0) is 23.4 Å². The highest BCUT2D eigenvalue weighted by Gasteiger charge is 2.11. The first-order valence-corrected chi connectivity index (χ1v) is 5.88. The van der Waals surface area contributed by atoms with Gasteiger partial charge in [0.25, 0.3) is 0 Å². The molecule has 0 radical (unpaired) electrons. The Labute approximate surface area is 89.2 Å². The number of hydrogen-bond acceptors (Lipinski definition) is 1. The van der Waals surface area contributed by atoms with Crippen molar-refractivity contribution in [3.05, 3.63) is 58.3 Å². The van der Waals surface area contributed by atoms with Gasteiger partial charge in [0.2, 0.25) is 0 Å². The van der Waals surface area contributed by atoms with Crippen molar-refractivity contribution in [1.82, 2.24) is 0 Å². The molecule has 0 nitrogen and oxygen atoms in total. The van der Waals surface area contributed by atoms with Crippen molar-refractivity contribution in [3.63, 3.8) is 0 Å². The van der Waals surface area contributed by atoms with E-state index in [0.29, 0.717) is 5.92 Å². The monoisotopic (exact) mass is 202 g/mol. The van der Waals surface area contributed by atoms with E-state index in [0.717, 1.165) is 0 Å². The molecule has 2 aromatic rings. The average Bonchev–Trinajstić information content (AvgIpc) is 2.74. The van der Waals surface area contributed by atoms with Crippen LogP contribution >= 0.6 is 11.3 Å². The minimum absolute atomic E-state index is 0.580. The summed E-state index contributed by atoms with van der Waals surface area (Å²) in [5, 5.41) is 2.15. The van der Waals surface area contributed by atoms with Crippen LogP contribution in [0.15, 0.2) is 47.8 Å². The Balaban J connectivity index is 2.31. The molecule has 0 saturated heterocycles. The summed E-state index contributed by atoms with van der Waals surface area (Å²) >= 11 is 1.85. The molecule has 2 rings (SSSR count). The van der Waals surface area contributed by atoms with Crippen LogP contribution < -0.4 is 0 Å². The van der Waals surface area contributed by atoms with Gasteiger partial charge >= 0.3 is 0 Å². The van der Waals surface area contributed by atoms with Crippen LogP contribution in [-0.4, -0.2) is 0 Å². The fraction of sp³-hybridized carbons (Fsp3) is 0.231. The maximum Gasteiger partial charge on any atom is 0.0181 e. The van der Waals surface area contributed by atoms with E-state index < -0.39 is 0 Å². The van der Waals surface area contributed by atoms with Crippen LogP contribution in [-0.2, 0) is 0 Å². The van der Waals surface area contributed by atoms with Crippen LogP contribution in [0.25, 0.3) is 0 Å². The molecule has 1 aromatic carbocycles.